The molecular weight excluding hydrogens is 288 g/mol. The third-order valence-electron chi connectivity index (χ3n) is 3.35. The maximum absolute atomic E-state index is 10.9. The van der Waals surface area contributed by atoms with Crippen LogP contribution in [0.25, 0.3) is 0 Å². The van der Waals surface area contributed by atoms with Gasteiger partial charge in [-0.25, -0.2) is 0 Å². The lowest BCUT2D eigenvalue weighted by Gasteiger charge is -2.20. The molecular formula is C16H17ClN2O2. The molecule has 4 nitrogen and oxygen atoms in total. The van der Waals surface area contributed by atoms with Gasteiger partial charge in [0.15, 0.2) is 0 Å². The molecule has 0 spiro atoms. The highest BCUT2D eigenvalue weighted by Crippen LogP contribution is 2.26. The van der Waals surface area contributed by atoms with Gasteiger partial charge >= 0.3 is 0 Å². The van der Waals surface area contributed by atoms with Crippen LogP contribution in [0.3, 0.4) is 0 Å². The SMILES string of the molecule is Cc1cccc(CN(C)c2ccc([N+](=O)[O-])c(CCl)c2)c1. The Labute approximate surface area is 129 Å². The summed E-state index contributed by atoms with van der Waals surface area (Å²) in [5, 5.41) is 10.9. The normalized spacial score (nSPS) is 10.4. The van der Waals surface area contributed by atoms with E-state index in [1.54, 1.807) is 12.1 Å². The van der Waals surface area contributed by atoms with E-state index in [0.717, 1.165) is 12.2 Å². The molecule has 0 aromatic heterocycles. The second-order valence-electron chi connectivity index (χ2n) is 5.05. The summed E-state index contributed by atoms with van der Waals surface area (Å²) in [6.45, 7) is 2.79. The number of nitro benzene ring substituents is 1. The number of alkyl halides is 1. The van der Waals surface area contributed by atoms with Gasteiger partial charge in [0.25, 0.3) is 5.69 Å². The molecule has 2 rings (SSSR count). The summed E-state index contributed by atoms with van der Waals surface area (Å²) in [4.78, 5) is 12.6. The Kier molecular flexibility index (Phi) is 4.81. The van der Waals surface area contributed by atoms with Crippen molar-refractivity contribution in [1.82, 2.24) is 0 Å². The first-order chi connectivity index (χ1) is 10.0. The number of nitro groups is 1. The second kappa shape index (κ2) is 6.59. The lowest BCUT2D eigenvalue weighted by Crippen LogP contribution is -2.16. The summed E-state index contributed by atoms with van der Waals surface area (Å²) in [6, 6.07) is 13.3. The summed E-state index contributed by atoms with van der Waals surface area (Å²) < 4.78 is 0. The van der Waals surface area contributed by atoms with E-state index in [4.69, 9.17) is 11.6 Å². The van der Waals surface area contributed by atoms with E-state index in [2.05, 4.69) is 30.0 Å². The van der Waals surface area contributed by atoms with Crippen LogP contribution in [0.1, 0.15) is 16.7 Å². The van der Waals surface area contributed by atoms with Crippen molar-refractivity contribution < 1.29 is 4.92 Å². The Morgan fingerprint density at radius 1 is 1.24 bits per heavy atom. The van der Waals surface area contributed by atoms with Crippen molar-refractivity contribution in [3.63, 3.8) is 0 Å². The first-order valence-electron chi connectivity index (χ1n) is 6.61. The van der Waals surface area contributed by atoms with Crippen LogP contribution in [0.4, 0.5) is 11.4 Å². The minimum Gasteiger partial charge on any atom is -0.370 e. The number of anilines is 1. The van der Waals surface area contributed by atoms with E-state index in [1.165, 1.54) is 17.2 Å². The highest BCUT2D eigenvalue weighted by Gasteiger charge is 2.14. The molecule has 0 aliphatic heterocycles. The van der Waals surface area contributed by atoms with Crippen LogP contribution >= 0.6 is 11.6 Å². The summed E-state index contributed by atoms with van der Waals surface area (Å²) >= 11 is 5.81. The van der Waals surface area contributed by atoms with Crippen molar-refractivity contribution in [2.75, 3.05) is 11.9 Å². The third-order valence-corrected chi connectivity index (χ3v) is 3.63. The number of nitrogens with zero attached hydrogens (tertiary/aromatic N) is 2. The number of benzene rings is 2. The van der Waals surface area contributed by atoms with Gasteiger partial charge in [-0.3, -0.25) is 10.1 Å². The summed E-state index contributed by atoms with van der Waals surface area (Å²) in [6.07, 6.45) is 0. The fraction of sp³-hybridized carbons (Fsp3) is 0.250. The van der Waals surface area contributed by atoms with Crippen LogP contribution in [-0.4, -0.2) is 12.0 Å². The fourth-order valence-corrected chi connectivity index (χ4v) is 2.48. The predicted octanol–water partition coefficient (Wildman–Crippen LogP) is 4.28. The molecule has 5 heteroatoms. The summed E-state index contributed by atoms with van der Waals surface area (Å²) in [7, 11) is 1.96. The lowest BCUT2D eigenvalue weighted by atomic mass is 10.1. The van der Waals surface area contributed by atoms with Crippen molar-refractivity contribution in [2.45, 2.75) is 19.3 Å². The third kappa shape index (κ3) is 3.73. The van der Waals surface area contributed by atoms with Crippen molar-refractivity contribution in [3.8, 4) is 0 Å². The van der Waals surface area contributed by atoms with E-state index in [-0.39, 0.29) is 11.6 Å². The number of halogens is 1. The maximum atomic E-state index is 10.9. The number of rotatable bonds is 5. The molecule has 0 N–H and O–H groups in total. The number of aryl methyl sites for hydroxylation is 1. The van der Waals surface area contributed by atoms with Crippen molar-refractivity contribution >= 4 is 23.0 Å². The standard InChI is InChI=1S/C16H17ClN2O2/c1-12-4-3-5-13(8-12)11-18(2)15-6-7-16(19(20)21)14(9-15)10-17/h3-9H,10-11H2,1-2H3. The van der Waals surface area contributed by atoms with Crippen molar-refractivity contribution in [3.05, 3.63) is 69.3 Å². The van der Waals surface area contributed by atoms with E-state index in [9.17, 15) is 10.1 Å². The first-order valence-corrected chi connectivity index (χ1v) is 7.14. The molecule has 0 atom stereocenters. The molecule has 0 unspecified atom stereocenters. The molecule has 0 bridgehead atoms. The molecule has 0 saturated heterocycles. The second-order valence-corrected chi connectivity index (χ2v) is 5.32. The van der Waals surface area contributed by atoms with Gasteiger partial charge in [0.2, 0.25) is 0 Å². The van der Waals surface area contributed by atoms with Gasteiger partial charge in [-0.15, -0.1) is 11.6 Å². The van der Waals surface area contributed by atoms with Crippen LogP contribution in [-0.2, 0) is 12.4 Å². The van der Waals surface area contributed by atoms with Gasteiger partial charge in [0, 0.05) is 30.9 Å². The molecule has 0 aliphatic carbocycles. The minimum absolute atomic E-state index is 0.0673. The van der Waals surface area contributed by atoms with Crippen LogP contribution in [0.2, 0.25) is 0 Å². The van der Waals surface area contributed by atoms with Crippen molar-refractivity contribution in [1.29, 1.82) is 0 Å². The van der Waals surface area contributed by atoms with Crippen molar-refractivity contribution in [2.24, 2.45) is 0 Å². The zero-order chi connectivity index (χ0) is 15.4. The molecule has 21 heavy (non-hydrogen) atoms. The average Bonchev–Trinajstić information content (AvgIpc) is 2.46. The van der Waals surface area contributed by atoms with E-state index < -0.39 is 4.92 Å². The zero-order valence-corrected chi connectivity index (χ0v) is 12.8. The number of hydrogen-bond acceptors (Lipinski definition) is 3. The van der Waals surface area contributed by atoms with Crippen LogP contribution in [0.5, 0.6) is 0 Å². The smallest absolute Gasteiger partial charge is 0.273 e. The zero-order valence-electron chi connectivity index (χ0n) is 12.0. The van der Waals surface area contributed by atoms with Gasteiger partial charge in [-0.1, -0.05) is 29.8 Å². The average molecular weight is 305 g/mol. The van der Waals surface area contributed by atoms with Gasteiger partial charge in [-0.05, 0) is 24.6 Å². The fourth-order valence-electron chi connectivity index (χ4n) is 2.27. The van der Waals surface area contributed by atoms with E-state index in [0.29, 0.717) is 5.56 Å². The van der Waals surface area contributed by atoms with E-state index >= 15 is 0 Å². The highest BCUT2D eigenvalue weighted by atomic mass is 35.5. The minimum atomic E-state index is -0.401. The lowest BCUT2D eigenvalue weighted by molar-refractivity contribution is -0.385. The molecule has 0 heterocycles. The topological polar surface area (TPSA) is 46.4 Å². The Bertz CT molecular complexity index is 658. The summed E-state index contributed by atoms with van der Waals surface area (Å²) in [5.74, 6) is 0.127. The van der Waals surface area contributed by atoms with Gasteiger partial charge in [0.05, 0.1) is 10.8 Å². The Morgan fingerprint density at radius 3 is 2.62 bits per heavy atom. The summed E-state index contributed by atoms with van der Waals surface area (Å²) in [5.41, 5.74) is 3.93. The molecule has 2 aromatic carbocycles. The van der Waals surface area contributed by atoms with Crippen LogP contribution in [0.15, 0.2) is 42.5 Å². The molecule has 0 fully saturated rings. The first kappa shape index (κ1) is 15.3. The van der Waals surface area contributed by atoms with E-state index in [1.807, 2.05) is 13.1 Å². The molecule has 0 amide bonds. The van der Waals surface area contributed by atoms with Crippen LogP contribution in [0, 0.1) is 17.0 Å². The largest absolute Gasteiger partial charge is 0.370 e. The van der Waals surface area contributed by atoms with Gasteiger partial charge in [-0.2, -0.15) is 0 Å². The molecule has 110 valence electrons. The Morgan fingerprint density at radius 2 is 2.00 bits per heavy atom. The maximum Gasteiger partial charge on any atom is 0.273 e. The molecule has 0 radical (unpaired) electrons. The molecule has 0 saturated carbocycles. The monoisotopic (exact) mass is 304 g/mol. The Hall–Kier alpha value is -2.07. The predicted molar refractivity (Wildman–Crippen MR) is 85.9 cm³/mol. The highest BCUT2D eigenvalue weighted by molar-refractivity contribution is 6.17. The number of hydrogen-bond donors (Lipinski definition) is 0. The Balaban J connectivity index is 2.23. The van der Waals surface area contributed by atoms with Gasteiger partial charge < -0.3 is 4.90 Å². The molecule has 2 aromatic rings. The molecule has 0 aliphatic rings. The van der Waals surface area contributed by atoms with Crippen LogP contribution < -0.4 is 4.90 Å². The van der Waals surface area contributed by atoms with Gasteiger partial charge in [0.1, 0.15) is 0 Å². The quantitative estimate of drug-likeness (QED) is 0.470.